The van der Waals surface area contributed by atoms with Crippen LogP contribution in [0.4, 0.5) is 0 Å². The normalized spacial score (nSPS) is 15.2. The molecule has 0 aliphatic carbocycles. The van der Waals surface area contributed by atoms with Gasteiger partial charge in [-0.25, -0.2) is 4.98 Å². The van der Waals surface area contributed by atoms with Gasteiger partial charge >= 0.3 is 0 Å². The second-order valence-corrected chi connectivity index (χ2v) is 4.51. The smallest absolute Gasteiger partial charge is 0.134 e. The molecule has 6 nitrogen and oxygen atoms in total. The van der Waals surface area contributed by atoms with Crippen LogP contribution in [0.25, 0.3) is 0 Å². The third kappa shape index (κ3) is 2.32. The fourth-order valence-electron chi connectivity index (χ4n) is 2.16. The number of hydrogen-bond acceptors (Lipinski definition) is 5. The maximum Gasteiger partial charge on any atom is 0.134 e. The van der Waals surface area contributed by atoms with Gasteiger partial charge in [-0.1, -0.05) is 5.16 Å². The summed E-state index contributed by atoms with van der Waals surface area (Å²) in [6.45, 7) is 3.55. The minimum atomic E-state index is 0.295. The van der Waals surface area contributed by atoms with E-state index >= 15 is 0 Å². The molecule has 6 heteroatoms. The molecule has 1 aliphatic heterocycles. The van der Waals surface area contributed by atoms with E-state index in [-0.39, 0.29) is 0 Å². The Kier molecular flexibility index (Phi) is 3.28. The van der Waals surface area contributed by atoms with Gasteiger partial charge in [0.05, 0.1) is 6.54 Å². The first kappa shape index (κ1) is 12.5. The van der Waals surface area contributed by atoms with Gasteiger partial charge in [0.25, 0.3) is 0 Å². The Morgan fingerprint density at radius 3 is 3.15 bits per heavy atom. The number of aromatic nitrogens is 2. The number of oxime groups is 1. The highest BCUT2D eigenvalue weighted by molar-refractivity contribution is 6.05. The summed E-state index contributed by atoms with van der Waals surface area (Å²) in [6.07, 6.45) is 3.70. The van der Waals surface area contributed by atoms with Crippen LogP contribution in [0.5, 0.6) is 11.5 Å². The van der Waals surface area contributed by atoms with E-state index in [1.165, 1.54) is 0 Å². The van der Waals surface area contributed by atoms with E-state index in [2.05, 4.69) is 10.1 Å². The highest BCUT2D eigenvalue weighted by Crippen LogP contribution is 2.29. The zero-order valence-corrected chi connectivity index (χ0v) is 11.1. The minimum absolute atomic E-state index is 0.295. The van der Waals surface area contributed by atoms with Crippen molar-refractivity contribution in [3.05, 3.63) is 42.0 Å². The van der Waals surface area contributed by atoms with Crippen LogP contribution in [0.15, 0.2) is 35.7 Å². The first-order valence-electron chi connectivity index (χ1n) is 6.36. The van der Waals surface area contributed by atoms with Gasteiger partial charge in [0.15, 0.2) is 0 Å². The van der Waals surface area contributed by atoms with Gasteiger partial charge in [-0.15, -0.1) is 0 Å². The Hall–Kier alpha value is -2.50. The monoisotopic (exact) mass is 273 g/mol. The molecule has 0 saturated carbocycles. The van der Waals surface area contributed by atoms with Gasteiger partial charge in [-0.3, -0.25) is 0 Å². The number of imidazole rings is 1. The van der Waals surface area contributed by atoms with Crippen molar-refractivity contribution in [1.82, 2.24) is 9.55 Å². The van der Waals surface area contributed by atoms with Gasteiger partial charge in [0, 0.05) is 24.0 Å². The molecule has 1 aliphatic rings. The van der Waals surface area contributed by atoms with Gasteiger partial charge in [-0.05, 0) is 19.1 Å². The molecule has 0 unspecified atom stereocenters. The molecule has 2 aromatic rings. The number of hydrogen-bond donors (Lipinski definition) is 1. The Balaban J connectivity index is 1.63. The van der Waals surface area contributed by atoms with Gasteiger partial charge in [0.1, 0.15) is 36.2 Å². The summed E-state index contributed by atoms with van der Waals surface area (Å²) in [5.74, 6) is 2.39. The molecule has 104 valence electrons. The maximum absolute atomic E-state index is 8.82. The average molecular weight is 273 g/mol. The summed E-state index contributed by atoms with van der Waals surface area (Å²) in [5.41, 5.74) is 1.35. The van der Waals surface area contributed by atoms with Crippen molar-refractivity contribution in [3.63, 3.8) is 0 Å². The minimum Gasteiger partial charge on any atom is -0.492 e. The van der Waals surface area contributed by atoms with Gasteiger partial charge in [-0.2, -0.15) is 0 Å². The molecule has 3 rings (SSSR count). The van der Waals surface area contributed by atoms with Crippen molar-refractivity contribution in [3.8, 4) is 11.5 Å². The lowest BCUT2D eigenvalue weighted by molar-refractivity contribution is 0.294. The highest BCUT2D eigenvalue weighted by Gasteiger charge is 2.20. The van der Waals surface area contributed by atoms with E-state index in [1.807, 2.05) is 35.9 Å². The molecule has 0 fully saturated rings. The molecule has 1 aromatic carbocycles. The lowest BCUT2D eigenvalue weighted by Crippen LogP contribution is -2.08. The van der Waals surface area contributed by atoms with E-state index in [4.69, 9.17) is 14.7 Å². The van der Waals surface area contributed by atoms with Crippen LogP contribution >= 0.6 is 0 Å². The number of benzene rings is 1. The van der Waals surface area contributed by atoms with Crippen LogP contribution in [0.2, 0.25) is 0 Å². The summed E-state index contributed by atoms with van der Waals surface area (Å²) in [4.78, 5) is 4.16. The average Bonchev–Trinajstić information content (AvgIpc) is 3.05. The molecule has 0 saturated heterocycles. The number of fused-ring (bicyclic) bond motifs is 1. The number of ether oxygens (including phenoxy) is 2. The van der Waals surface area contributed by atoms with E-state index < -0.39 is 0 Å². The largest absolute Gasteiger partial charge is 0.492 e. The predicted molar refractivity (Wildman–Crippen MR) is 72.7 cm³/mol. The highest BCUT2D eigenvalue weighted by atomic mass is 16.5. The third-order valence-corrected chi connectivity index (χ3v) is 3.27. The van der Waals surface area contributed by atoms with E-state index in [1.54, 1.807) is 6.20 Å². The Labute approximate surface area is 116 Å². The zero-order valence-electron chi connectivity index (χ0n) is 11.1. The number of nitrogens with zero attached hydrogens (tertiary/aromatic N) is 3. The summed E-state index contributed by atoms with van der Waals surface area (Å²) >= 11 is 0. The predicted octanol–water partition coefficient (Wildman–Crippen LogP) is 1.84. The molecule has 0 bridgehead atoms. The fraction of sp³-hybridized carbons (Fsp3) is 0.286. The molecular formula is C14H15N3O3. The molecule has 2 heterocycles. The molecule has 0 atom stereocenters. The van der Waals surface area contributed by atoms with Crippen LogP contribution in [0.1, 0.15) is 11.4 Å². The molecular weight excluding hydrogens is 258 g/mol. The molecule has 20 heavy (non-hydrogen) atoms. The second kappa shape index (κ2) is 5.24. The summed E-state index contributed by atoms with van der Waals surface area (Å²) in [6, 6.07) is 5.50. The van der Waals surface area contributed by atoms with Crippen LogP contribution in [-0.2, 0) is 6.54 Å². The van der Waals surface area contributed by atoms with Crippen molar-refractivity contribution in [1.29, 1.82) is 0 Å². The fourth-order valence-corrected chi connectivity index (χ4v) is 2.16. The van der Waals surface area contributed by atoms with E-state index in [9.17, 15) is 0 Å². The van der Waals surface area contributed by atoms with Crippen molar-refractivity contribution < 1.29 is 14.7 Å². The molecule has 0 spiro atoms. The topological polar surface area (TPSA) is 68.9 Å². The zero-order chi connectivity index (χ0) is 13.9. The SMILES string of the molecule is Cc1nccn1CCOc1ccc2c(c1)OCC2=NO. The van der Waals surface area contributed by atoms with Crippen LogP contribution in [0.3, 0.4) is 0 Å². The second-order valence-electron chi connectivity index (χ2n) is 4.51. The van der Waals surface area contributed by atoms with E-state index in [0.717, 1.165) is 23.7 Å². The van der Waals surface area contributed by atoms with Crippen molar-refractivity contribution in [2.75, 3.05) is 13.2 Å². The van der Waals surface area contributed by atoms with Crippen molar-refractivity contribution >= 4 is 5.71 Å². The van der Waals surface area contributed by atoms with Crippen molar-refractivity contribution in [2.45, 2.75) is 13.5 Å². The third-order valence-electron chi connectivity index (χ3n) is 3.27. The van der Waals surface area contributed by atoms with Crippen molar-refractivity contribution in [2.24, 2.45) is 5.16 Å². The standard InChI is InChI=1S/C14H15N3O3/c1-10-15-4-5-17(10)6-7-19-11-2-3-12-13(16-18)9-20-14(12)8-11/h2-5,8,18H,6-7,9H2,1H3. The van der Waals surface area contributed by atoms with Crippen LogP contribution in [0, 0.1) is 6.92 Å². The van der Waals surface area contributed by atoms with Gasteiger partial charge in [0.2, 0.25) is 0 Å². The lowest BCUT2D eigenvalue weighted by atomic mass is 10.1. The summed E-state index contributed by atoms with van der Waals surface area (Å²) < 4.78 is 13.2. The van der Waals surface area contributed by atoms with Crippen LogP contribution in [-0.4, -0.2) is 33.7 Å². The Bertz CT molecular complexity index is 649. The number of rotatable bonds is 4. The number of aryl methyl sites for hydroxylation is 1. The molecule has 1 N–H and O–H groups in total. The van der Waals surface area contributed by atoms with E-state index in [0.29, 0.717) is 24.7 Å². The molecule has 1 aromatic heterocycles. The molecule has 0 amide bonds. The Morgan fingerprint density at radius 2 is 2.40 bits per heavy atom. The quantitative estimate of drug-likeness (QED) is 0.681. The van der Waals surface area contributed by atoms with Crippen LogP contribution < -0.4 is 9.47 Å². The summed E-state index contributed by atoms with van der Waals surface area (Å²) in [5, 5.41) is 12.0. The summed E-state index contributed by atoms with van der Waals surface area (Å²) in [7, 11) is 0. The van der Waals surface area contributed by atoms with Gasteiger partial charge < -0.3 is 19.2 Å². The maximum atomic E-state index is 8.82. The lowest BCUT2D eigenvalue weighted by Gasteiger charge is -2.09. The first-order chi connectivity index (χ1) is 9.78. The Morgan fingerprint density at radius 1 is 1.50 bits per heavy atom. The molecule has 0 radical (unpaired) electrons. The first-order valence-corrected chi connectivity index (χ1v) is 6.36.